The van der Waals surface area contributed by atoms with E-state index in [1.807, 2.05) is 6.07 Å². The van der Waals surface area contributed by atoms with Gasteiger partial charge in [-0.3, -0.25) is 4.99 Å². The lowest BCUT2D eigenvalue weighted by atomic mass is 10.1. The van der Waals surface area contributed by atoms with Crippen LogP contribution in [0.2, 0.25) is 0 Å². The highest BCUT2D eigenvalue weighted by Gasteiger charge is 2.29. The Bertz CT molecular complexity index is 733. The average molecular weight is 302 g/mol. The molecule has 0 atom stereocenters. The van der Waals surface area contributed by atoms with Crippen molar-refractivity contribution in [3.63, 3.8) is 0 Å². The van der Waals surface area contributed by atoms with Crippen LogP contribution in [0, 0.1) is 11.8 Å². The van der Waals surface area contributed by atoms with Crippen molar-refractivity contribution in [1.29, 1.82) is 0 Å². The van der Waals surface area contributed by atoms with E-state index in [9.17, 15) is 0 Å². The molecule has 2 aromatic rings. The molecule has 2 N–H and O–H groups in total. The predicted octanol–water partition coefficient (Wildman–Crippen LogP) is 5.09. The van der Waals surface area contributed by atoms with Crippen LogP contribution in [0.25, 0.3) is 11.1 Å². The molecule has 23 heavy (non-hydrogen) atoms. The Labute approximate surface area is 137 Å². The molecule has 0 spiro atoms. The molecule has 2 saturated carbocycles. The minimum absolute atomic E-state index is 0.611. The second kappa shape index (κ2) is 6.04. The van der Waals surface area contributed by atoms with E-state index in [2.05, 4.69) is 54.6 Å². The number of allylic oxidation sites excluding steroid dienone is 2. The van der Waals surface area contributed by atoms with Crippen molar-refractivity contribution in [3.05, 3.63) is 66.4 Å². The average Bonchev–Trinajstić information content (AvgIpc) is 3.49. The summed E-state index contributed by atoms with van der Waals surface area (Å²) in [7, 11) is 0. The van der Waals surface area contributed by atoms with Crippen molar-refractivity contribution in [2.45, 2.75) is 25.7 Å². The molecule has 2 heteroatoms. The molecule has 0 unspecified atom stereocenters. The molecule has 2 fully saturated rings. The Morgan fingerprint density at radius 3 is 2.04 bits per heavy atom. The molecule has 0 amide bonds. The van der Waals surface area contributed by atoms with E-state index in [0.717, 1.165) is 11.4 Å². The van der Waals surface area contributed by atoms with E-state index in [0.29, 0.717) is 11.8 Å². The summed E-state index contributed by atoms with van der Waals surface area (Å²) in [6, 6.07) is 18.9. The molecule has 2 aliphatic rings. The summed E-state index contributed by atoms with van der Waals surface area (Å²) >= 11 is 0. The van der Waals surface area contributed by atoms with Gasteiger partial charge in [-0.25, -0.2) is 0 Å². The summed E-state index contributed by atoms with van der Waals surface area (Å²) in [6.45, 7) is 0. The van der Waals surface area contributed by atoms with Gasteiger partial charge in [0.1, 0.15) is 0 Å². The fourth-order valence-corrected chi connectivity index (χ4v) is 2.83. The molecule has 2 aromatic carbocycles. The zero-order valence-electron chi connectivity index (χ0n) is 13.3. The number of hydrogen-bond donors (Lipinski definition) is 1. The number of nitrogens with two attached hydrogens (primary N) is 1. The van der Waals surface area contributed by atoms with Crippen molar-refractivity contribution in [2.75, 3.05) is 0 Å². The van der Waals surface area contributed by atoms with E-state index in [4.69, 9.17) is 10.7 Å². The topological polar surface area (TPSA) is 38.4 Å². The van der Waals surface area contributed by atoms with Gasteiger partial charge in [0.2, 0.25) is 0 Å². The molecular formula is C21H22N2. The Kier molecular flexibility index (Phi) is 3.74. The van der Waals surface area contributed by atoms with Gasteiger partial charge in [0.05, 0.1) is 5.69 Å². The number of rotatable bonds is 5. The molecule has 0 radical (unpaired) electrons. The third-order valence-corrected chi connectivity index (χ3v) is 4.59. The largest absolute Gasteiger partial charge is 0.402 e. The van der Waals surface area contributed by atoms with Crippen LogP contribution >= 0.6 is 0 Å². The van der Waals surface area contributed by atoms with Gasteiger partial charge in [0, 0.05) is 17.3 Å². The Morgan fingerprint density at radius 1 is 0.826 bits per heavy atom. The van der Waals surface area contributed by atoms with E-state index in [1.165, 1.54) is 42.5 Å². The first-order chi connectivity index (χ1) is 11.3. The van der Waals surface area contributed by atoms with Gasteiger partial charge in [-0.05, 0) is 60.9 Å². The van der Waals surface area contributed by atoms with Crippen LogP contribution in [0.1, 0.15) is 25.7 Å². The number of nitrogens with zero attached hydrogens (tertiary/aromatic N) is 1. The minimum Gasteiger partial charge on any atom is -0.402 e. The van der Waals surface area contributed by atoms with Gasteiger partial charge in [-0.2, -0.15) is 0 Å². The summed E-state index contributed by atoms with van der Waals surface area (Å²) in [5.74, 6) is 1.22. The first kappa shape index (κ1) is 14.3. The first-order valence-electron chi connectivity index (χ1n) is 8.51. The van der Waals surface area contributed by atoms with Gasteiger partial charge < -0.3 is 5.73 Å². The highest BCUT2D eigenvalue weighted by Crippen LogP contribution is 2.37. The summed E-state index contributed by atoms with van der Waals surface area (Å²) in [5, 5.41) is 0. The molecule has 0 bridgehead atoms. The fourth-order valence-electron chi connectivity index (χ4n) is 2.83. The zero-order valence-corrected chi connectivity index (χ0v) is 13.3. The predicted molar refractivity (Wildman–Crippen MR) is 96.7 cm³/mol. The van der Waals surface area contributed by atoms with E-state index < -0.39 is 0 Å². The van der Waals surface area contributed by atoms with Gasteiger partial charge in [0.15, 0.2) is 0 Å². The van der Waals surface area contributed by atoms with Crippen molar-refractivity contribution in [3.8, 4) is 11.1 Å². The van der Waals surface area contributed by atoms with Crippen LogP contribution < -0.4 is 5.73 Å². The number of benzene rings is 2. The lowest BCUT2D eigenvalue weighted by molar-refractivity contribution is 0.979. The molecule has 2 nitrogen and oxygen atoms in total. The molecule has 116 valence electrons. The highest BCUT2D eigenvalue weighted by molar-refractivity contribution is 6.00. The third kappa shape index (κ3) is 3.53. The van der Waals surface area contributed by atoms with Crippen molar-refractivity contribution < 1.29 is 0 Å². The molecular weight excluding hydrogens is 280 g/mol. The van der Waals surface area contributed by atoms with Crippen LogP contribution in [0.5, 0.6) is 0 Å². The maximum absolute atomic E-state index is 6.18. The molecule has 0 aliphatic heterocycles. The molecule has 0 aromatic heterocycles. The monoisotopic (exact) mass is 302 g/mol. The van der Waals surface area contributed by atoms with Gasteiger partial charge >= 0.3 is 0 Å². The van der Waals surface area contributed by atoms with Crippen LogP contribution in [-0.4, -0.2) is 5.71 Å². The van der Waals surface area contributed by atoms with E-state index in [1.54, 1.807) is 0 Å². The summed E-state index contributed by atoms with van der Waals surface area (Å²) in [6.07, 6.45) is 7.11. The molecule has 0 saturated heterocycles. The second-order valence-electron chi connectivity index (χ2n) is 6.64. The maximum atomic E-state index is 6.18. The van der Waals surface area contributed by atoms with E-state index >= 15 is 0 Å². The second-order valence-corrected chi connectivity index (χ2v) is 6.64. The maximum Gasteiger partial charge on any atom is 0.0633 e. The number of aliphatic imine (C=N–C) groups is 1. The summed E-state index contributed by atoms with van der Waals surface area (Å²) in [4.78, 5) is 4.87. The normalized spacial score (nSPS) is 19.0. The number of hydrogen-bond acceptors (Lipinski definition) is 2. The molecule has 2 aliphatic carbocycles. The SMILES string of the molecule is NC(=CC(=Nc1ccc(-c2ccccc2)cc1)C1CC1)C1CC1. The first-order valence-corrected chi connectivity index (χ1v) is 8.51. The van der Waals surface area contributed by atoms with Crippen LogP contribution in [0.4, 0.5) is 5.69 Å². The Hall–Kier alpha value is -2.35. The quantitative estimate of drug-likeness (QED) is 0.768. The summed E-state index contributed by atoms with van der Waals surface area (Å²) < 4.78 is 0. The van der Waals surface area contributed by atoms with Crippen molar-refractivity contribution in [1.82, 2.24) is 0 Å². The highest BCUT2D eigenvalue weighted by atomic mass is 14.8. The fraction of sp³-hybridized carbons (Fsp3) is 0.286. The van der Waals surface area contributed by atoms with Gasteiger partial charge in [0.25, 0.3) is 0 Å². The lowest BCUT2D eigenvalue weighted by Crippen LogP contribution is -2.05. The zero-order chi connectivity index (χ0) is 15.6. The lowest BCUT2D eigenvalue weighted by Gasteiger charge is -2.05. The summed E-state index contributed by atoms with van der Waals surface area (Å²) in [5.41, 5.74) is 11.9. The van der Waals surface area contributed by atoms with Crippen LogP contribution in [-0.2, 0) is 0 Å². The molecule has 4 rings (SSSR count). The standard InChI is InChI=1S/C21H22N2/c22-20(17-6-7-17)14-21(18-8-9-18)23-19-12-10-16(11-13-19)15-4-2-1-3-5-15/h1-5,10-14,17-18H,6-9,22H2. The Morgan fingerprint density at radius 2 is 1.43 bits per heavy atom. The van der Waals surface area contributed by atoms with Crippen molar-refractivity contribution >= 4 is 11.4 Å². The van der Waals surface area contributed by atoms with Gasteiger partial charge in [-0.1, -0.05) is 42.5 Å². The van der Waals surface area contributed by atoms with E-state index in [-0.39, 0.29) is 0 Å². The van der Waals surface area contributed by atoms with Crippen molar-refractivity contribution in [2.24, 2.45) is 22.6 Å². The Balaban J connectivity index is 1.58. The van der Waals surface area contributed by atoms with Crippen LogP contribution in [0.3, 0.4) is 0 Å². The minimum atomic E-state index is 0.611. The third-order valence-electron chi connectivity index (χ3n) is 4.59. The smallest absolute Gasteiger partial charge is 0.0633 e. The van der Waals surface area contributed by atoms with Gasteiger partial charge in [-0.15, -0.1) is 0 Å². The van der Waals surface area contributed by atoms with Crippen LogP contribution in [0.15, 0.2) is 71.4 Å². The molecule has 0 heterocycles.